The molecule has 0 heterocycles. The molecule has 0 spiro atoms. The first-order valence-corrected chi connectivity index (χ1v) is 28.2. The first-order chi connectivity index (χ1) is 25.5. The summed E-state index contributed by atoms with van der Waals surface area (Å²) in [5, 5.41) is 24.0. The van der Waals surface area contributed by atoms with Crippen LogP contribution >= 0.6 is 25.8 Å². The minimum Gasteiger partial charge on any atom is -0.394 e. The highest BCUT2D eigenvalue weighted by Crippen LogP contribution is 2.47. The molecule has 0 saturated heterocycles. The molecule has 0 aromatic rings. The highest BCUT2D eigenvalue weighted by atomic mass is 32.9. The van der Waals surface area contributed by atoms with Gasteiger partial charge >= 0.3 is 7.82 Å². The molecule has 332 valence electrons. The first-order valence-electron chi connectivity index (χ1n) is 21.7. The first kappa shape index (κ1) is 59.3. The molecule has 0 unspecified atom stereocenters. The van der Waals surface area contributed by atoms with Crippen LogP contribution in [0, 0.1) is 0 Å². The summed E-state index contributed by atoms with van der Waals surface area (Å²) >= 11 is 4.23. The van der Waals surface area contributed by atoms with E-state index >= 15 is 0 Å². The van der Waals surface area contributed by atoms with E-state index in [1.807, 2.05) is 21.1 Å². The Morgan fingerprint density at radius 3 is 0.981 bits per heavy atom. The molecule has 0 aromatic carbocycles. The number of aliphatic hydroxyl groups is 3. The van der Waals surface area contributed by atoms with E-state index in [1.54, 1.807) is 0 Å². The number of nitrogens with zero attached hydrogens (tertiary/aromatic N) is 1. The van der Waals surface area contributed by atoms with Crippen molar-refractivity contribution in [3.8, 4) is 0 Å². The van der Waals surface area contributed by atoms with E-state index in [2.05, 4.69) is 30.6 Å². The molecular formula is C40H92NO9P2S2+. The maximum atomic E-state index is 10.2. The lowest BCUT2D eigenvalue weighted by molar-refractivity contribution is -0.870. The topological polar surface area (TPSA) is 168 Å². The molecule has 0 atom stereocenters. The van der Waals surface area contributed by atoms with Gasteiger partial charge < -0.3 is 39.4 Å². The number of hydrogen-bond donors (Lipinski definition) is 8. The normalized spacial score (nSPS) is 12.2. The van der Waals surface area contributed by atoms with Gasteiger partial charge in [-0.05, 0) is 24.3 Å². The fourth-order valence-corrected chi connectivity index (χ4v) is 11.6. The summed E-state index contributed by atoms with van der Waals surface area (Å²) in [6.07, 6.45) is 37.4. The zero-order valence-electron chi connectivity index (χ0n) is 35.8. The largest absolute Gasteiger partial charge is 0.469 e. The second-order valence-electron chi connectivity index (χ2n) is 15.9. The van der Waals surface area contributed by atoms with Crippen LogP contribution in [-0.2, 0) is 19.2 Å². The van der Waals surface area contributed by atoms with Gasteiger partial charge in [0.1, 0.15) is 19.3 Å². The Labute approximate surface area is 341 Å². The Morgan fingerprint density at radius 1 is 0.537 bits per heavy atom. The summed E-state index contributed by atoms with van der Waals surface area (Å²) in [4.78, 5) is 37.0. The number of hydrogen-bond acceptors (Lipinski definition) is 5. The van der Waals surface area contributed by atoms with Crippen LogP contribution in [0.3, 0.4) is 0 Å². The number of rotatable bonds is 36. The van der Waals surface area contributed by atoms with Crippen molar-refractivity contribution in [2.45, 2.75) is 200 Å². The molecule has 14 heteroatoms. The molecule has 7 N–H and O–H groups in total. The van der Waals surface area contributed by atoms with Crippen molar-refractivity contribution in [3.63, 3.8) is 0 Å². The van der Waals surface area contributed by atoms with Crippen molar-refractivity contribution < 1.29 is 48.5 Å². The van der Waals surface area contributed by atoms with Gasteiger partial charge in [0.05, 0.1) is 34.4 Å². The van der Waals surface area contributed by atoms with Gasteiger partial charge in [0.25, 0.3) is 0 Å². The monoisotopic (exact) mass is 857 g/mol. The van der Waals surface area contributed by atoms with Gasteiger partial charge in [-0.3, -0.25) is 4.52 Å². The van der Waals surface area contributed by atoms with Gasteiger partial charge in [-0.25, -0.2) is 4.57 Å². The number of phosphoric acid groups is 1. The average molecular weight is 857 g/mol. The fourth-order valence-electron chi connectivity index (χ4n) is 5.76. The molecule has 0 aliphatic heterocycles. The lowest BCUT2D eigenvalue weighted by Crippen LogP contribution is -2.37. The summed E-state index contributed by atoms with van der Waals surface area (Å²) in [6.45, 7) is 4.49. The lowest BCUT2D eigenvalue weighted by Gasteiger charge is -2.23. The maximum Gasteiger partial charge on any atom is 0.469 e. The Bertz CT molecular complexity index is 825. The third-order valence-corrected chi connectivity index (χ3v) is 17.2. The summed E-state index contributed by atoms with van der Waals surface area (Å²) in [5.41, 5.74) is -2.98. The Hall–Kier alpha value is 1.000. The molecule has 0 rings (SSSR count). The Kier molecular flexibility index (Phi) is 46.3. The van der Waals surface area contributed by atoms with Gasteiger partial charge in [0, 0.05) is 0 Å². The van der Waals surface area contributed by atoms with Gasteiger partial charge in [0.2, 0.25) is 0 Å². The number of quaternary nitrogens is 1. The van der Waals surface area contributed by atoms with E-state index < -0.39 is 19.6 Å². The van der Waals surface area contributed by atoms with Gasteiger partial charge in [-0.2, -0.15) is 0 Å². The SMILES string of the molecule is CCCCCCCCCCCCCCCCS(CCCCCCCCCCCCCCCC)=P(O)(O)S.C[N+](C)(C)CCOP(=O)(O)O.OCC(O)CO. The smallest absolute Gasteiger partial charge is 0.394 e. The van der Waals surface area contributed by atoms with E-state index in [4.69, 9.17) is 25.1 Å². The van der Waals surface area contributed by atoms with Crippen molar-refractivity contribution in [2.75, 3.05) is 59.0 Å². The van der Waals surface area contributed by atoms with Crippen LogP contribution in [0.1, 0.15) is 194 Å². The predicted octanol–water partition coefficient (Wildman–Crippen LogP) is 10.3. The zero-order valence-corrected chi connectivity index (χ0v) is 39.3. The Morgan fingerprint density at radius 2 is 0.796 bits per heavy atom. The predicted molar refractivity (Wildman–Crippen MR) is 239 cm³/mol. The molecule has 0 aliphatic rings. The van der Waals surface area contributed by atoms with E-state index in [-0.39, 0.29) is 29.9 Å². The number of aliphatic hydroxyl groups excluding tert-OH is 3. The van der Waals surface area contributed by atoms with Crippen molar-refractivity contribution >= 4 is 35.8 Å². The van der Waals surface area contributed by atoms with Crippen LogP contribution in [0.5, 0.6) is 0 Å². The molecule has 0 aromatic heterocycles. The van der Waals surface area contributed by atoms with Crippen molar-refractivity contribution in [3.05, 3.63) is 0 Å². The number of phosphoric ester groups is 1. The minimum absolute atomic E-state index is 0.0772. The van der Waals surface area contributed by atoms with Crippen molar-refractivity contribution in [1.29, 1.82) is 0 Å². The van der Waals surface area contributed by atoms with E-state index in [9.17, 15) is 14.4 Å². The van der Waals surface area contributed by atoms with Gasteiger partial charge in [-0.15, -0.1) is 10.1 Å². The summed E-state index contributed by atoms with van der Waals surface area (Å²) in [6, 6.07) is 0. The molecule has 54 heavy (non-hydrogen) atoms. The van der Waals surface area contributed by atoms with Crippen LogP contribution in [-0.4, -0.2) is 104 Å². The molecule has 10 nitrogen and oxygen atoms in total. The summed E-state index contributed by atoms with van der Waals surface area (Å²) in [5.74, 6) is 1.95. The second-order valence-corrected chi connectivity index (χ2v) is 25.5. The molecule has 0 aliphatic carbocycles. The molecular weight excluding hydrogens is 765 g/mol. The van der Waals surface area contributed by atoms with Crippen molar-refractivity contribution in [1.82, 2.24) is 0 Å². The molecule has 0 bridgehead atoms. The van der Waals surface area contributed by atoms with Crippen LogP contribution in [0.2, 0.25) is 0 Å². The van der Waals surface area contributed by atoms with Crippen LogP contribution in [0.25, 0.3) is 0 Å². The average Bonchev–Trinajstić information content (AvgIpc) is 3.09. The molecule has 0 saturated carbocycles. The van der Waals surface area contributed by atoms with E-state index in [0.29, 0.717) is 11.0 Å². The van der Waals surface area contributed by atoms with Crippen LogP contribution in [0.4, 0.5) is 0 Å². The molecule has 0 amide bonds. The van der Waals surface area contributed by atoms with Crippen molar-refractivity contribution in [2.24, 2.45) is 0 Å². The third kappa shape index (κ3) is 55.1. The second kappa shape index (κ2) is 42.1. The highest BCUT2D eigenvalue weighted by molar-refractivity contribution is 8.65. The van der Waals surface area contributed by atoms with E-state index in [0.717, 1.165) is 24.3 Å². The van der Waals surface area contributed by atoms with Gasteiger partial charge in [-0.1, -0.05) is 193 Å². The third-order valence-electron chi connectivity index (χ3n) is 9.26. The number of unbranched alkanes of at least 4 members (excludes halogenated alkanes) is 26. The standard InChI is InChI=1S/C32H69O2PS2.C5H14NO4P.C3H8O3/c1-3-5-7-9-11-13-15-17-19-21-23-25-27-29-31-37(35(33,34)36)32-30-28-26-24-22-20-18-16-14-12-10-8-6-4-2;1-6(2,3)4-5-10-11(7,8)9;4-1-3(6)2-5/h33-34,36H,3-32H2,1-2H3;4-5H2,1-3H3,(H-,7,8,9);3-6H,1-2H2/p+1. The summed E-state index contributed by atoms with van der Waals surface area (Å²) < 4.78 is 15.1. The fraction of sp³-hybridized carbons (Fsp3) is 1.00. The van der Waals surface area contributed by atoms with E-state index in [1.165, 1.54) is 167 Å². The zero-order chi connectivity index (χ0) is 41.4. The quantitative estimate of drug-likeness (QED) is 0.0132. The number of thiol groups is 1. The Balaban J connectivity index is -0.00000125. The lowest BCUT2D eigenvalue weighted by atomic mass is 10.0. The van der Waals surface area contributed by atoms with Crippen LogP contribution in [0.15, 0.2) is 0 Å². The molecule has 0 fully saturated rings. The van der Waals surface area contributed by atoms with Gasteiger partial charge in [0.15, 0.2) is 5.69 Å². The maximum absolute atomic E-state index is 10.2. The minimum atomic E-state index is -4.26. The number of likely N-dealkylation sites (N-methyl/N-ethyl adjacent to an activating group) is 1. The van der Waals surface area contributed by atoms with Crippen LogP contribution < -0.4 is 0 Å². The summed E-state index contributed by atoms with van der Waals surface area (Å²) in [7, 11) is 1.21. The highest BCUT2D eigenvalue weighted by Gasteiger charge is 2.16. The molecule has 0 radical (unpaired) electrons.